The molecule has 2 aliphatic heterocycles. The second-order valence-electron chi connectivity index (χ2n) is 12.3. The molecular weight excluding hydrogens is 728 g/mol. The molecule has 1 unspecified atom stereocenters. The Morgan fingerprint density at radius 3 is 1.71 bits per heavy atom. The third kappa shape index (κ3) is 12.3. The Bertz CT molecular complexity index is 1710. The van der Waals surface area contributed by atoms with Gasteiger partial charge in [0.15, 0.2) is 18.3 Å². The first-order valence-corrected chi connectivity index (χ1v) is 17.0. The van der Waals surface area contributed by atoms with Crippen molar-refractivity contribution in [2.75, 3.05) is 19.8 Å². The number of hydrogen-bond donors (Lipinski definition) is 2. The van der Waals surface area contributed by atoms with Crippen LogP contribution < -0.4 is 0 Å². The molecule has 2 saturated heterocycles. The lowest BCUT2D eigenvalue weighted by Crippen LogP contribution is -2.65. The lowest BCUT2D eigenvalue weighted by Gasteiger charge is -2.45. The van der Waals surface area contributed by atoms with Gasteiger partial charge in [-0.1, -0.05) is 60.7 Å². The van der Waals surface area contributed by atoms with E-state index in [9.17, 15) is 39.0 Å². The van der Waals surface area contributed by atoms with E-state index >= 15 is 0 Å². The highest BCUT2D eigenvalue weighted by atomic mass is 16.8. The first-order valence-electron chi connectivity index (χ1n) is 17.0. The number of carbonyl (C=O) groups excluding carboxylic acids is 6. The zero-order valence-electron chi connectivity index (χ0n) is 30.3. The summed E-state index contributed by atoms with van der Waals surface area (Å²) in [5, 5.41) is 23.0. The summed E-state index contributed by atoms with van der Waals surface area (Å²) in [6.45, 7) is 2.01. The number of rotatable bonds is 15. The molecule has 17 nitrogen and oxygen atoms in total. The molecule has 2 aromatic carbocycles. The monoisotopic (exact) mass is 770 g/mol. The number of aliphatic hydroxyl groups excluding tert-OH is 2. The van der Waals surface area contributed by atoms with Crippen LogP contribution in [-0.2, 0) is 71.4 Å². The molecule has 0 amide bonds. The Balaban J connectivity index is 1.71. The highest BCUT2D eigenvalue weighted by Gasteiger charge is 2.63. The number of carbonyl (C=O) groups is 6. The molecule has 17 heteroatoms. The van der Waals surface area contributed by atoms with E-state index in [1.807, 2.05) is 0 Å². The first kappa shape index (κ1) is 42.3. The van der Waals surface area contributed by atoms with Crippen LogP contribution in [0.5, 0.6) is 0 Å². The van der Waals surface area contributed by atoms with Crippen molar-refractivity contribution >= 4 is 48.0 Å². The van der Waals surface area contributed by atoms with Crippen LogP contribution in [0.15, 0.2) is 72.8 Å². The van der Waals surface area contributed by atoms with Crippen molar-refractivity contribution in [1.82, 2.24) is 0 Å². The Labute approximate surface area is 315 Å². The summed E-state index contributed by atoms with van der Waals surface area (Å²) in [6.07, 6.45) is -8.86. The molecule has 55 heavy (non-hydrogen) atoms. The summed E-state index contributed by atoms with van der Waals surface area (Å²) < 4.78 is 50.1. The van der Waals surface area contributed by atoms with Crippen molar-refractivity contribution in [1.29, 1.82) is 0 Å². The van der Waals surface area contributed by atoms with E-state index in [1.165, 1.54) is 12.2 Å². The lowest BCUT2D eigenvalue weighted by molar-refractivity contribution is -0.384. The smallest absolute Gasteiger partial charge is 0.331 e. The fraction of sp³-hybridized carbons (Fsp3) is 0.421. The van der Waals surface area contributed by atoms with Gasteiger partial charge < -0.3 is 52.8 Å². The molecule has 0 aromatic heterocycles. The molecule has 0 aliphatic carbocycles. The largest absolute Gasteiger partial charge is 0.463 e. The van der Waals surface area contributed by atoms with Crippen molar-refractivity contribution in [3.05, 3.63) is 83.9 Å². The Kier molecular flexibility index (Phi) is 15.2. The first-order chi connectivity index (χ1) is 26.2. The predicted octanol–water partition coefficient (Wildman–Crippen LogP) is 1.42. The fourth-order valence-electron chi connectivity index (χ4n) is 5.60. The van der Waals surface area contributed by atoms with Crippen molar-refractivity contribution in [3.8, 4) is 0 Å². The van der Waals surface area contributed by atoms with Gasteiger partial charge in [0, 0.05) is 39.8 Å². The molecule has 0 spiro atoms. The zero-order valence-corrected chi connectivity index (χ0v) is 30.3. The summed E-state index contributed by atoms with van der Waals surface area (Å²) >= 11 is 0. The summed E-state index contributed by atoms with van der Waals surface area (Å²) in [7, 11) is 0. The van der Waals surface area contributed by atoms with Gasteiger partial charge in [-0.2, -0.15) is 0 Å². The number of esters is 6. The average molecular weight is 771 g/mol. The molecule has 0 bridgehead atoms. The van der Waals surface area contributed by atoms with E-state index in [2.05, 4.69) is 0 Å². The Morgan fingerprint density at radius 1 is 0.636 bits per heavy atom. The van der Waals surface area contributed by atoms with Crippen LogP contribution in [0.2, 0.25) is 0 Å². The predicted molar refractivity (Wildman–Crippen MR) is 186 cm³/mol. The zero-order chi connectivity index (χ0) is 40.1. The van der Waals surface area contributed by atoms with Gasteiger partial charge >= 0.3 is 35.8 Å². The maximum absolute atomic E-state index is 13.3. The normalized spacial score (nSPS) is 27.6. The van der Waals surface area contributed by atoms with Gasteiger partial charge in [-0.3, -0.25) is 19.2 Å². The summed E-state index contributed by atoms with van der Waals surface area (Å²) in [5.74, 6) is -7.86. The fourth-order valence-corrected chi connectivity index (χ4v) is 5.60. The molecule has 9 atom stereocenters. The van der Waals surface area contributed by atoms with Crippen LogP contribution in [0.25, 0.3) is 12.2 Å². The third-order valence-corrected chi connectivity index (χ3v) is 8.00. The number of hydrogen-bond acceptors (Lipinski definition) is 17. The minimum atomic E-state index is -2.53. The maximum atomic E-state index is 13.3. The van der Waals surface area contributed by atoms with Gasteiger partial charge in [-0.15, -0.1) is 0 Å². The molecule has 2 fully saturated rings. The molecule has 2 heterocycles. The minimum absolute atomic E-state index is 0.602. The highest BCUT2D eigenvalue weighted by Crippen LogP contribution is 2.40. The second-order valence-corrected chi connectivity index (χ2v) is 12.3. The molecule has 2 aromatic rings. The van der Waals surface area contributed by atoms with Crippen molar-refractivity contribution in [2.24, 2.45) is 0 Å². The summed E-state index contributed by atoms with van der Waals surface area (Å²) in [4.78, 5) is 74.1. The van der Waals surface area contributed by atoms with Crippen LogP contribution >= 0.6 is 0 Å². The summed E-state index contributed by atoms with van der Waals surface area (Å²) in [5.41, 5.74) is 1.31. The van der Waals surface area contributed by atoms with Crippen LogP contribution in [0.4, 0.5) is 0 Å². The van der Waals surface area contributed by atoms with Gasteiger partial charge in [0.1, 0.15) is 44.2 Å². The number of aliphatic hydroxyl groups is 2. The third-order valence-electron chi connectivity index (χ3n) is 8.00. The quantitative estimate of drug-likeness (QED) is 0.148. The van der Waals surface area contributed by atoms with E-state index in [0.29, 0.717) is 11.1 Å². The van der Waals surface area contributed by atoms with Crippen molar-refractivity contribution in [3.63, 3.8) is 0 Å². The van der Waals surface area contributed by atoms with Crippen LogP contribution in [0.1, 0.15) is 38.8 Å². The van der Waals surface area contributed by atoms with Crippen molar-refractivity contribution < 1.29 is 81.6 Å². The molecule has 0 radical (unpaired) electrons. The van der Waals surface area contributed by atoms with Gasteiger partial charge in [0.05, 0.1) is 0 Å². The van der Waals surface area contributed by atoms with Crippen molar-refractivity contribution in [2.45, 2.75) is 82.5 Å². The molecule has 2 N–H and O–H groups in total. The van der Waals surface area contributed by atoms with Crippen LogP contribution in [-0.4, -0.2) is 121 Å². The van der Waals surface area contributed by atoms with Gasteiger partial charge in [-0.25, -0.2) is 9.59 Å². The van der Waals surface area contributed by atoms with E-state index in [0.717, 1.165) is 39.8 Å². The maximum Gasteiger partial charge on any atom is 0.331 e. The summed E-state index contributed by atoms with van der Waals surface area (Å²) in [6, 6.07) is 17.5. The SMILES string of the molecule is CC(=O)OC[C@H]1O[C@H](OC2(COC(C)=O)O[C@@H](COC(=O)/C=C/c3ccccc3)[C@H](O)[C@H]2OC(=O)/C=C/c2ccccc2)[C@H](OC(C)=O)[C@@H](O)[C@@H]1OC(C)=O. The van der Waals surface area contributed by atoms with Gasteiger partial charge in [0.2, 0.25) is 12.1 Å². The molecule has 2 aliphatic rings. The van der Waals surface area contributed by atoms with E-state index in [1.54, 1.807) is 60.7 Å². The topological polar surface area (TPSA) is 226 Å². The van der Waals surface area contributed by atoms with Crippen LogP contribution in [0.3, 0.4) is 0 Å². The van der Waals surface area contributed by atoms with Gasteiger partial charge in [0.25, 0.3) is 0 Å². The molecular formula is C38H42O17. The standard InChI is InChI=1S/C38H42O17/c1-22(39)47-20-29-34(50-24(3)41)33(46)35(51-25(4)42)37(52-29)55-38(21-49-23(2)40)36(53-31(44)18-16-27-13-9-6-10-14-27)32(45)28(54-38)19-48-30(43)17-15-26-11-7-5-8-12-26/h5-18,28-29,32-37,45-46H,19-21H2,1-4H3/b17-15+,18-16+/t28-,29+,32-,33-,34+,35+,36+,37+,38?/m0/s1. The minimum Gasteiger partial charge on any atom is -0.463 e. The van der Waals surface area contributed by atoms with Crippen LogP contribution in [0, 0.1) is 0 Å². The second kappa shape index (κ2) is 19.7. The van der Waals surface area contributed by atoms with E-state index in [-0.39, 0.29) is 0 Å². The molecule has 0 saturated carbocycles. The number of benzene rings is 2. The highest BCUT2D eigenvalue weighted by molar-refractivity contribution is 5.87. The Hall–Kier alpha value is -5.46. The van der Waals surface area contributed by atoms with E-state index < -0.39 is 110 Å². The molecule has 296 valence electrons. The number of ether oxygens (including phenoxy) is 9. The average Bonchev–Trinajstić information content (AvgIpc) is 3.39. The molecule has 4 rings (SSSR count). The van der Waals surface area contributed by atoms with Gasteiger partial charge in [-0.05, 0) is 23.3 Å². The Morgan fingerprint density at radius 2 is 1.16 bits per heavy atom. The van der Waals surface area contributed by atoms with E-state index in [4.69, 9.17) is 42.6 Å². The lowest BCUT2D eigenvalue weighted by atomic mass is 9.98.